The van der Waals surface area contributed by atoms with Crippen molar-refractivity contribution in [2.24, 2.45) is 17.8 Å². The Bertz CT molecular complexity index is 1370. The number of nitrogens with zero attached hydrogens (tertiary/aromatic N) is 2. The highest BCUT2D eigenvalue weighted by molar-refractivity contribution is 7.58. The normalized spacial score (nSPS) is 20.7. The molecular weight excluding hydrogens is 641 g/mol. The van der Waals surface area contributed by atoms with E-state index in [1.54, 1.807) is 0 Å². The number of likely N-dealkylation sites (N-methyl/N-ethyl adjacent to an activating group) is 1. The Labute approximate surface area is 282 Å². The minimum Gasteiger partial charge on any atom is -0.445 e. The van der Waals surface area contributed by atoms with Crippen LogP contribution in [0.3, 0.4) is 0 Å². The summed E-state index contributed by atoms with van der Waals surface area (Å²) in [5, 5.41) is 7.88. The lowest BCUT2D eigenvalue weighted by molar-refractivity contribution is -0.150. The lowest BCUT2D eigenvalue weighted by Crippen LogP contribution is -2.57. The Kier molecular flexibility index (Phi) is 14.2. The summed E-state index contributed by atoms with van der Waals surface area (Å²) in [5.41, 5.74) is 0.792. The van der Waals surface area contributed by atoms with Gasteiger partial charge >= 0.3 is 6.09 Å². The first kappa shape index (κ1) is 38.7. The highest BCUT2D eigenvalue weighted by Crippen LogP contribution is 2.45. The summed E-state index contributed by atoms with van der Waals surface area (Å²) in [7, 11) is -2.84. The zero-order chi connectivity index (χ0) is 35.6. The van der Waals surface area contributed by atoms with Gasteiger partial charge in [-0.3, -0.25) is 38.3 Å². The molecule has 266 valence electrons. The molecule has 0 aliphatic carbocycles. The van der Waals surface area contributed by atoms with Crippen molar-refractivity contribution in [2.75, 3.05) is 26.0 Å². The Balaban J connectivity index is 1.65. The Hall–Kier alpha value is -3.77. The molecule has 0 spiro atoms. The predicted octanol–water partition coefficient (Wildman–Crippen LogP) is 2.59. The van der Waals surface area contributed by atoms with Gasteiger partial charge in [-0.25, -0.2) is 4.79 Å². The molecule has 2 aliphatic heterocycles. The lowest BCUT2D eigenvalue weighted by Gasteiger charge is -2.34. The van der Waals surface area contributed by atoms with E-state index in [9.17, 15) is 38.2 Å². The summed E-state index contributed by atoms with van der Waals surface area (Å²) in [5.74, 6) is -3.90. The number of nitrogens with one attached hydrogen (secondary N) is 3. The topological polar surface area (TPSA) is 192 Å². The van der Waals surface area contributed by atoms with E-state index in [1.165, 1.54) is 11.9 Å². The van der Waals surface area contributed by atoms with Crippen molar-refractivity contribution in [3.63, 3.8) is 0 Å². The highest BCUT2D eigenvalue weighted by Gasteiger charge is 2.43. The van der Waals surface area contributed by atoms with Crippen LogP contribution in [0, 0.1) is 17.8 Å². The van der Waals surface area contributed by atoms with Gasteiger partial charge in [0.25, 0.3) is 5.91 Å². The highest BCUT2D eigenvalue weighted by atomic mass is 31.2. The molecule has 1 aromatic carbocycles. The summed E-state index contributed by atoms with van der Waals surface area (Å²) < 4.78 is 18.9. The number of amides is 6. The molecule has 4 N–H and O–H groups in total. The number of hydrogen-bond donors (Lipinski definition) is 4. The largest absolute Gasteiger partial charge is 0.445 e. The van der Waals surface area contributed by atoms with Crippen LogP contribution in [0.5, 0.6) is 0 Å². The van der Waals surface area contributed by atoms with Gasteiger partial charge in [-0.2, -0.15) is 0 Å². The molecule has 1 unspecified atom stereocenters. The number of benzene rings is 1. The van der Waals surface area contributed by atoms with Crippen LogP contribution in [0.25, 0.3) is 0 Å². The second-order valence-electron chi connectivity index (χ2n) is 13.5. The van der Waals surface area contributed by atoms with Crippen LogP contribution in [0.1, 0.15) is 71.8 Å². The fourth-order valence-corrected chi connectivity index (χ4v) is 7.93. The Morgan fingerprint density at radius 2 is 1.67 bits per heavy atom. The van der Waals surface area contributed by atoms with Crippen molar-refractivity contribution in [1.29, 1.82) is 0 Å². The third-order valence-electron chi connectivity index (χ3n) is 8.40. The smallest absolute Gasteiger partial charge is 0.410 e. The molecule has 0 aromatic heterocycles. The molecule has 2 heterocycles. The molecule has 0 saturated carbocycles. The number of piperidine rings is 1. The van der Waals surface area contributed by atoms with Gasteiger partial charge in [0.15, 0.2) is 0 Å². The van der Waals surface area contributed by atoms with Gasteiger partial charge in [-0.05, 0) is 49.5 Å². The van der Waals surface area contributed by atoms with Crippen molar-refractivity contribution in [2.45, 2.75) is 91.0 Å². The Morgan fingerprint density at radius 1 is 1.00 bits per heavy atom. The van der Waals surface area contributed by atoms with Crippen molar-refractivity contribution in [3.8, 4) is 0 Å². The summed E-state index contributed by atoms with van der Waals surface area (Å²) in [6, 6.07) is 6.26. The van der Waals surface area contributed by atoms with Crippen molar-refractivity contribution in [3.05, 3.63) is 35.9 Å². The van der Waals surface area contributed by atoms with Gasteiger partial charge in [-0.1, -0.05) is 58.0 Å². The number of rotatable bonds is 15. The minimum atomic E-state index is -4.30. The van der Waals surface area contributed by atoms with E-state index in [0.29, 0.717) is 30.7 Å². The van der Waals surface area contributed by atoms with Gasteiger partial charge in [-0.15, -0.1) is 0 Å². The summed E-state index contributed by atoms with van der Waals surface area (Å²) in [6.45, 7) is 7.86. The summed E-state index contributed by atoms with van der Waals surface area (Å²) in [6.07, 6.45) is -0.602. The molecule has 15 heteroatoms. The SMILES string of the molecule is CNC(=O)[C@H](CC(C)C)NC(=O)[C@H](CC(C)C)CP(=O)(O)CN1C(=O)CC[C@H](NC(=O)[C@H]2CCCN2C(=O)OCc2ccccc2)C1=O. The van der Waals surface area contributed by atoms with Gasteiger partial charge in [0, 0.05) is 32.1 Å². The second-order valence-corrected chi connectivity index (χ2v) is 15.8. The van der Waals surface area contributed by atoms with Crippen molar-refractivity contribution >= 4 is 43.0 Å². The molecule has 2 aliphatic rings. The van der Waals surface area contributed by atoms with E-state index in [1.807, 2.05) is 58.0 Å². The second kappa shape index (κ2) is 17.6. The van der Waals surface area contributed by atoms with Crippen LogP contribution >= 0.6 is 7.37 Å². The molecule has 3 rings (SSSR count). The van der Waals surface area contributed by atoms with E-state index in [4.69, 9.17) is 4.74 Å². The van der Waals surface area contributed by atoms with E-state index >= 15 is 0 Å². The minimum absolute atomic E-state index is 0.00404. The maximum atomic E-state index is 13.5. The molecule has 2 fully saturated rings. The van der Waals surface area contributed by atoms with Crippen LogP contribution in [-0.4, -0.2) is 94.5 Å². The van der Waals surface area contributed by atoms with Gasteiger partial charge in [0.05, 0.1) is 0 Å². The lowest BCUT2D eigenvalue weighted by atomic mass is 9.96. The van der Waals surface area contributed by atoms with E-state index in [2.05, 4.69) is 16.0 Å². The molecule has 0 radical (unpaired) electrons. The van der Waals surface area contributed by atoms with Crippen LogP contribution in [0.15, 0.2) is 30.3 Å². The number of hydrogen-bond acceptors (Lipinski definition) is 8. The number of carbonyl (C=O) groups excluding carboxylic acids is 6. The van der Waals surface area contributed by atoms with Crippen molar-refractivity contribution < 1.29 is 43.0 Å². The summed E-state index contributed by atoms with van der Waals surface area (Å²) in [4.78, 5) is 91.1. The molecule has 48 heavy (non-hydrogen) atoms. The van der Waals surface area contributed by atoms with Gasteiger partial charge < -0.3 is 25.6 Å². The quantitative estimate of drug-likeness (QED) is 0.158. The van der Waals surface area contributed by atoms with E-state index in [0.717, 1.165) is 5.56 Å². The maximum Gasteiger partial charge on any atom is 0.410 e. The third kappa shape index (κ3) is 11.2. The van der Waals surface area contributed by atoms with Crippen LogP contribution < -0.4 is 16.0 Å². The first-order chi connectivity index (χ1) is 22.6. The van der Waals surface area contributed by atoms with Gasteiger partial charge in [0.2, 0.25) is 31.0 Å². The maximum absolute atomic E-state index is 13.5. The predicted molar refractivity (Wildman–Crippen MR) is 177 cm³/mol. The zero-order valence-electron chi connectivity index (χ0n) is 28.5. The number of likely N-dealkylation sites (tertiary alicyclic amines) is 2. The fourth-order valence-electron chi connectivity index (χ4n) is 6.07. The molecular formula is C33H50N5O9P. The zero-order valence-corrected chi connectivity index (χ0v) is 29.4. The van der Waals surface area contributed by atoms with Crippen LogP contribution in [0.2, 0.25) is 0 Å². The van der Waals surface area contributed by atoms with Crippen molar-refractivity contribution in [1.82, 2.24) is 25.8 Å². The average Bonchev–Trinajstić information content (AvgIpc) is 3.53. The van der Waals surface area contributed by atoms with E-state index in [-0.39, 0.29) is 43.6 Å². The third-order valence-corrected chi connectivity index (χ3v) is 10.1. The molecule has 5 atom stereocenters. The molecule has 1 aromatic rings. The number of imide groups is 1. The molecule has 6 amide bonds. The molecule has 2 saturated heterocycles. The molecule has 14 nitrogen and oxygen atoms in total. The Morgan fingerprint density at radius 3 is 2.29 bits per heavy atom. The van der Waals surface area contributed by atoms with Crippen LogP contribution in [-0.2, 0) is 39.9 Å². The summed E-state index contributed by atoms with van der Waals surface area (Å²) >= 11 is 0. The van der Waals surface area contributed by atoms with Crippen LogP contribution in [0.4, 0.5) is 4.79 Å². The first-order valence-corrected chi connectivity index (χ1v) is 18.6. The van der Waals surface area contributed by atoms with E-state index < -0.39 is 73.6 Å². The monoisotopic (exact) mass is 691 g/mol. The number of carbonyl (C=O) groups is 6. The molecule has 0 bridgehead atoms. The average molecular weight is 692 g/mol. The fraction of sp³-hybridized carbons (Fsp3) is 0.636. The van der Waals surface area contributed by atoms with Gasteiger partial charge in [0.1, 0.15) is 31.0 Å². The number of ether oxygens (including phenoxy) is 1. The first-order valence-electron chi connectivity index (χ1n) is 16.6. The standard InChI is InChI=1S/C33H50N5O9P/c1-21(2)16-24(29(40)36-26(17-22(3)4)30(41)34-5)19-48(45,46)20-38-28(39)14-13-25(32(38)43)35-31(42)27-12-9-15-37(27)33(44)47-18-23-10-7-6-8-11-23/h6-8,10-11,21-22,24-27H,9,12-20H2,1-5H3,(H,34,41)(H,35,42)(H,36,40)(H,45,46)/t24-,25+,26+,27-/m1/s1.